The van der Waals surface area contributed by atoms with Gasteiger partial charge in [0.2, 0.25) is 0 Å². The fraction of sp³-hybridized carbons (Fsp3) is 0.958. The van der Waals surface area contributed by atoms with E-state index in [2.05, 4.69) is 20.8 Å². The number of carboxylic acids is 1. The summed E-state index contributed by atoms with van der Waals surface area (Å²) in [5, 5.41) is 18.2. The van der Waals surface area contributed by atoms with Gasteiger partial charge < -0.3 is 10.2 Å². The summed E-state index contributed by atoms with van der Waals surface area (Å²) in [7, 11) is 17.9. The summed E-state index contributed by atoms with van der Waals surface area (Å²) < 4.78 is 0. The lowest BCUT2D eigenvalue weighted by Crippen LogP contribution is -2.56. The van der Waals surface area contributed by atoms with Gasteiger partial charge in [-0.2, -0.15) is 0 Å². The molecule has 0 bridgehead atoms. The van der Waals surface area contributed by atoms with Gasteiger partial charge in [0.15, 0.2) is 0 Å². The first-order valence-electron chi connectivity index (χ1n) is 12.1. The van der Waals surface area contributed by atoms with Gasteiger partial charge in [-0.1, -0.05) is 27.2 Å². The summed E-state index contributed by atoms with van der Waals surface area (Å²) in [5.41, 5.74) is -0.427. The van der Waals surface area contributed by atoms with Crippen LogP contribution in [0.3, 0.4) is 0 Å². The third-order valence-electron chi connectivity index (χ3n) is 10.6. The predicted octanol–water partition coefficient (Wildman–Crippen LogP) is 4.07. The molecule has 9 atom stereocenters. The topological polar surface area (TPSA) is 57.5 Å². The number of carbonyl (C=O) groups is 1. The molecule has 4 aliphatic rings. The smallest absolute Gasteiger partial charge is 0.292 e. The second-order valence-electron chi connectivity index (χ2n) is 12.2. The van der Waals surface area contributed by atoms with Crippen molar-refractivity contribution in [2.45, 2.75) is 95.7 Å². The third-order valence-corrected chi connectivity index (χ3v) is 10.6. The fourth-order valence-corrected chi connectivity index (χ4v) is 9.01. The van der Waals surface area contributed by atoms with Crippen LogP contribution >= 0.6 is 0 Å². The minimum absolute atomic E-state index is 0.205. The molecule has 0 aliphatic heterocycles. The van der Waals surface area contributed by atoms with Crippen molar-refractivity contribution in [3.63, 3.8) is 0 Å². The average molecular weight is 406 g/mol. The van der Waals surface area contributed by atoms with Crippen molar-refractivity contribution in [1.82, 2.24) is 0 Å². The maximum atomic E-state index is 11.5. The van der Waals surface area contributed by atoms with Crippen LogP contribution in [0.25, 0.3) is 0 Å². The van der Waals surface area contributed by atoms with Gasteiger partial charge in [-0.25, -0.2) is 0 Å². The molecule has 4 fully saturated rings. The summed E-state index contributed by atoms with van der Waals surface area (Å²) in [6, 6.07) is 0. The molecule has 4 rings (SSSR count). The van der Waals surface area contributed by atoms with E-state index in [0.717, 1.165) is 37.5 Å². The lowest BCUT2D eigenvalue weighted by Gasteiger charge is -2.62. The highest BCUT2D eigenvalue weighted by molar-refractivity contribution is 6.49. The molecule has 160 valence electrons. The standard InChI is InChI=1S/C24H37B3O3/c1-14(12-24(26,27)20(28)29)17-6-7-18-16-5-4-15-13-23(25,30)11-10-21(15,2)19(16)8-9-22(17,18)3/h14-19,30H,4-13H2,1-3H3,(H,28,29)/t14-,15-,16+,17-,18+,19+,21+,22-,23+/m1/s1. The van der Waals surface area contributed by atoms with Crippen LogP contribution in [-0.4, -0.2) is 45.2 Å². The number of aliphatic carboxylic acids is 1. The Morgan fingerprint density at radius 1 is 1.03 bits per heavy atom. The van der Waals surface area contributed by atoms with E-state index in [0.29, 0.717) is 29.6 Å². The molecule has 30 heavy (non-hydrogen) atoms. The van der Waals surface area contributed by atoms with E-state index in [-0.39, 0.29) is 11.3 Å². The third kappa shape index (κ3) is 3.52. The van der Waals surface area contributed by atoms with Crippen LogP contribution in [0.1, 0.15) is 85.0 Å². The van der Waals surface area contributed by atoms with E-state index < -0.39 is 16.7 Å². The van der Waals surface area contributed by atoms with Crippen molar-refractivity contribution in [1.29, 1.82) is 0 Å². The molecule has 0 aromatic rings. The summed E-state index contributed by atoms with van der Waals surface area (Å²) in [5.74, 6) is 2.29. The first-order chi connectivity index (χ1) is 13.8. The van der Waals surface area contributed by atoms with Crippen molar-refractivity contribution in [3.8, 4) is 0 Å². The van der Waals surface area contributed by atoms with E-state index >= 15 is 0 Å². The molecule has 6 heteroatoms. The Kier molecular flexibility index (Phi) is 5.57. The second-order valence-corrected chi connectivity index (χ2v) is 12.2. The highest BCUT2D eigenvalue weighted by Crippen LogP contribution is 2.69. The lowest BCUT2D eigenvalue weighted by molar-refractivity contribution is -0.140. The first kappa shape index (κ1) is 22.8. The number of carboxylic acid groups (broad SMARTS) is 1. The molecule has 0 unspecified atom stereocenters. The van der Waals surface area contributed by atoms with Gasteiger partial charge >= 0.3 is 0 Å². The van der Waals surface area contributed by atoms with Gasteiger partial charge in [-0.05, 0) is 109 Å². The summed E-state index contributed by atoms with van der Waals surface area (Å²) in [6.45, 7) is 7.10. The fourth-order valence-electron chi connectivity index (χ4n) is 9.01. The van der Waals surface area contributed by atoms with Crippen LogP contribution in [0.4, 0.5) is 0 Å². The normalized spacial score (nSPS) is 49.5. The van der Waals surface area contributed by atoms with Crippen molar-refractivity contribution in [3.05, 3.63) is 0 Å². The number of hydrogen-bond acceptors (Lipinski definition) is 2. The maximum absolute atomic E-state index is 11.5. The van der Waals surface area contributed by atoms with Crippen LogP contribution in [0.5, 0.6) is 0 Å². The quantitative estimate of drug-likeness (QED) is 0.693. The zero-order chi connectivity index (χ0) is 22.1. The van der Waals surface area contributed by atoms with E-state index in [1.165, 1.54) is 32.1 Å². The van der Waals surface area contributed by atoms with E-state index in [4.69, 9.17) is 23.5 Å². The molecule has 6 radical (unpaired) electrons. The zero-order valence-electron chi connectivity index (χ0n) is 19.1. The second kappa shape index (κ2) is 7.32. The Balaban J connectivity index is 1.52. The van der Waals surface area contributed by atoms with Crippen LogP contribution in [0, 0.1) is 46.3 Å². The van der Waals surface area contributed by atoms with Crippen molar-refractivity contribution >= 4 is 29.5 Å². The molecule has 0 spiro atoms. The molecule has 4 aliphatic carbocycles. The molecular formula is C24H37B3O3. The number of fused-ring (bicyclic) bond motifs is 5. The predicted molar refractivity (Wildman–Crippen MR) is 122 cm³/mol. The summed E-state index contributed by atoms with van der Waals surface area (Å²) >= 11 is 0. The van der Waals surface area contributed by atoms with Crippen LogP contribution in [0.2, 0.25) is 5.21 Å². The SMILES string of the molecule is [B]C([B])(C[C@@H](C)[C@H]1CC[C@H]2[C@@H]3CC[C@@H]4C[C@@]([B])(O)CC[C@]4(C)[C@H]3CC[C@]12C)C(=O)O. The molecular weight excluding hydrogens is 369 g/mol. The Hall–Kier alpha value is -0.375. The molecule has 0 heterocycles. The van der Waals surface area contributed by atoms with Gasteiger partial charge in [-0.15, -0.1) is 0 Å². The van der Waals surface area contributed by atoms with Gasteiger partial charge in [0.25, 0.3) is 5.97 Å². The molecule has 4 saturated carbocycles. The highest BCUT2D eigenvalue weighted by atomic mass is 16.4. The highest BCUT2D eigenvalue weighted by Gasteiger charge is 2.61. The number of hydrogen-bond donors (Lipinski definition) is 2. The van der Waals surface area contributed by atoms with Gasteiger partial charge in [0.1, 0.15) is 7.85 Å². The van der Waals surface area contributed by atoms with Crippen molar-refractivity contribution in [2.24, 2.45) is 46.3 Å². The molecule has 0 amide bonds. The molecule has 3 nitrogen and oxygen atoms in total. The molecule has 0 saturated heterocycles. The minimum atomic E-state index is -1.64. The Labute approximate surface area is 186 Å². The average Bonchev–Trinajstić information content (AvgIpc) is 2.99. The van der Waals surface area contributed by atoms with Crippen molar-refractivity contribution in [2.75, 3.05) is 0 Å². The Morgan fingerprint density at radius 2 is 1.70 bits per heavy atom. The maximum Gasteiger partial charge on any atom is 0.292 e. The number of rotatable bonds is 4. The van der Waals surface area contributed by atoms with Gasteiger partial charge in [0, 0.05) is 5.50 Å². The largest absolute Gasteiger partial charge is 0.482 e. The summed E-state index contributed by atoms with van der Waals surface area (Å²) in [6.07, 6.45) is 10.1. The zero-order valence-corrected chi connectivity index (χ0v) is 19.1. The van der Waals surface area contributed by atoms with E-state index in [9.17, 15) is 15.0 Å². The monoisotopic (exact) mass is 406 g/mol. The van der Waals surface area contributed by atoms with Gasteiger partial charge in [0.05, 0.1) is 15.7 Å². The molecule has 0 aromatic carbocycles. The van der Waals surface area contributed by atoms with Crippen LogP contribution < -0.4 is 0 Å². The molecule has 0 aromatic heterocycles. The van der Waals surface area contributed by atoms with Crippen LogP contribution in [-0.2, 0) is 4.79 Å². The van der Waals surface area contributed by atoms with Crippen molar-refractivity contribution < 1.29 is 15.0 Å². The van der Waals surface area contributed by atoms with E-state index in [1.54, 1.807) is 0 Å². The molecule has 2 N–H and O–H groups in total. The van der Waals surface area contributed by atoms with Crippen LogP contribution in [0.15, 0.2) is 0 Å². The van der Waals surface area contributed by atoms with E-state index in [1.807, 2.05) is 0 Å². The van der Waals surface area contributed by atoms with Gasteiger partial charge in [-0.3, -0.25) is 4.79 Å². The minimum Gasteiger partial charge on any atom is -0.482 e. The number of aliphatic hydroxyl groups is 1. The Morgan fingerprint density at radius 3 is 2.37 bits per heavy atom. The Bertz CT molecular complexity index is 695. The lowest BCUT2D eigenvalue weighted by atomic mass is 9.42. The first-order valence-corrected chi connectivity index (χ1v) is 12.1. The summed E-state index contributed by atoms with van der Waals surface area (Å²) in [4.78, 5) is 11.5.